The van der Waals surface area contributed by atoms with Crippen LogP contribution >= 0.6 is 11.3 Å². The Balaban J connectivity index is 1.46. The minimum Gasteiger partial charge on any atom is -0.479 e. The van der Waals surface area contributed by atoms with Gasteiger partial charge in [0, 0.05) is 29.7 Å². The van der Waals surface area contributed by atoms with E-state index >= 15 is 0 Å². The first-order chi connectivity index (χ1) is 16.4. The number of likely N-dealkylation sites (tertiary alicyclic amines) is 1. The first-order valence-corrected chi connectivity index (χ1v) is 12.5. The average molecular weight is 477 g/mol. The normalized spacial score (nSPS) is 18.6. The molecular formula is C26H28N4O3S. The Kier molecular flexibility index (Phi) is 6.08. The molecule has 1 atom stereocenters. The van der Waals surface area contributed by atoms with Gasteiger partial charge in [0.05, 0.1) is 17.1 Å². The molecule has 4 heterocycles. The van der Waals surface area contributed by atoms with Crippen LogP contribution in [-0.4, -0.2) is 52.4 Å². The van der Waals surface area contributed by atoms with E-state index in [2.05, 4.69) is 11.9 Å². The molecule has 0 aliphatic carbocycles. The SMILES string of the molecule is Cc1sc(-c2ccccn2)nc1-c1ccc2c(c1)N(CC(=O)N1CCC(C)CC1)C(=O)C(C)O2. The maximum atomic E-state index is 13.1. The second kappa shape index (κ2) is 9.18. The third-order valence-electron chi connectivity index (χ3n) is 6.55. The van der Waals surface area contributed by atoms with Crippen LogP contribution in [0.2, 0.25) is 0 Å². The van der Waals surface area contributed by atoms with Crippen LogP contribution in [0.15, 0.2) is 42.6 Å². The number of amides is 2. The Hall–Kier alpha value is -3.26. The number of carbonyl (C=O) groups excluding carboxylic acids is 2. The number of benzene rings is 1. The average Bonchev–Trinajstić information content (AvgIpc) is 3.24. The number of piperidine rings is 1. The van der Waals surface area contributed by atoms with Gasteiger partial charge in [0.25, 0.3) is 5.91 Å². The van der Waals surface area contributed by atoms with Crippen molar-refractivity contribution in [3.8, 4) is 27.7 Å². The van der Waals surface area contributed by atoms with Crippen molar-refractivity contribution in [1.82, 2.24) is 14.9 Å². The van der Waals surface area contributed by atoms with Gasteiger partial charge in [-0.3, -0.25) is 19.5 Å². The molecule has 0 radical (unpaired) electrons. The molecule has 2 amide bonds. The van der Waals surface area contributed by atoms with Crippen molar-refractivity contribution >= 4 is 28.8 Å². The lowest BCUT2D eigenvalue weighted by atomic mass is 9.99. The van der Waals surface area contributed by atoms with E-state index in [9.17, 15) is 9.59 Å². The zero-order chi connectivity index (χ0) is 23.8. The summed E-state index contributed by atoms with van der Waals surface area (Å²) in [5.74, 6) is 1.02. The number of hydrogen-bond acceptors (Lipinski definition) is 6. The van der Waals surface area contributed by atoms with Gasteiger partial charge in [-0.2, -0.15) is 0 Å². The number of rotatable bonds is 4. The molecule has 1 unspecified atom stereocenters. The van der Waals surface area contributed by atoms with E-state index in [1.54, 1.807) is 29.4 Å². The molecule has 2 aromatic heterocycles. The highest BCUT2D eigenvalue weighted by Crippen LogP contribution is 2.40. The Labute approximate surface area is 203 Å². The van der Waals surface area contributed by atoms with Crippen molar-refractivity contribution in [2.24, 2.45) is 5.92 Å². The maximum absolute atomic E-state index is 13.1. The minimum atomic E-state index is -0.635. The topological polar surface area (TPSA) is 75.6 Å². The van der Waals surface area contributed by atoms with Crippen LogP contribution in [0.1, 0.15) is 31.6 Å². The molecule has 1 fully saturated rings. The third kappa shape index (κ3) is 4.30. The summed E-state index contributed by atoms with van der Waals surface area (Å²) in [6.45, 7) is 7.48. The van der Waals surface area contributed by atoms with Gasteiger partial charge in [0.2, 0.25) is 5.91 Å². The summed E-state index contributed by atoms with van der Waals surface area (Å²) >= 11 is 1.58. The second-order valence-corrected chi connectivity index (χ2v) is 10.3. The van der Waals surface area contributed by atoms with Crippen molar-refractivity contribution in [3.63, 3.8) is 0 Å². The van der Waals surface area contributed by atoms with E-state index in [0.29, 0.717) is 17.4 Å². The van der Waals surface area contributed by atoms with Gasteiger partial charge in [-0.25, -0.2) is 4.98 Å². The monoisotopic (exact) mass is 476 g/mol. The van der Waals surface area contributed by atoms with Crippen molar-refractivity contribution in [1.29, 1.82) is 0 Å². The molecule has 3 aromatic rings. The quantitative estimate of drug-likeness (QED) is 0.552. The summed E-state index contributed by atoms with van der Waals surface area (Å²) in [7, 11) is 0. The van der Waals surface area contributed by atoms with Gasteiger partial charge in [-0.05, 0) is 62.9 Å². The molecule has 8 heteroatoms. The van der Waals surface area contributed by atoms with Gasteiger partial charge in [-0.15, -0.1) is 11.3 Å². The number of ether oxygens (including phenoxy) is 1. The molecule has 176 valence electrons. The van der Waals surface area contributed by atoms with Crippen molar-refractivity contribution in [2.75, 3.05) is 24.5 Å². The molecular weight excluding hydrogens is 448 g/mol. The Bertz CT molecular complexity index is 1220. The smallest absolute Gasteiger partial charge is 0.268 e. The number of thiazole rings is 1. The minimum absolute atomic E-state index is 0.0204. The zero-order valence-electron chi connectivity index (χ0n) is 19.7. The fraction of sp³-hybridized carbons (Fsp3) is 0.385. The van der Waals surface area contributed by atoms with Crippen LogP contribution in [-0.2, 0) is 9.59 Å². The Morgan fingerprint density at radius 2 is 1.97 bits per heavy atom. The number of aromatic nitrogens is 2. The van der Waals surface area contributed by atoms with Crippen LogP contribution in [0, 0.1) is 12.8 Å². The van der Waals surface area contributed by atoms with Gasteiger partial charge < -0.3 is 9.64 Å². The number of nitrogens with zero attached hydrogens (tertiary/aromatic N) is 4. The summed E-state index contributed by atoms with van der Waals surface area (Å²) in [5, 5.41) is 0.845. The van der Waals surface area contributed by atoms with Crippen molar-refractivity contribution in [2.45, 2.75) is 39.7 Å². The lowest BCUT2D eigenvalue weighted by molar-refractivity contribution is -0.134. The fourth-order valence-corrected chi connectivity index (χ4v) is 5.39. The molecule has 7 nitrogen and oxygen atoms in total. The molecule has 1 saturated heterocycles. The van der Waals surface area contributed by atoms with Gasteiger partial charge in [0.15, 0.2) is 6.10 Å². The Morgan fingerprint density at radius 1 is 1.18 bits per heavy atom. The first-order valence-electron chi connectivity index (χ1n) is 11.7. The number of anilines is 1. The molecule has 0 N–H and O–H groups in total. The fourth-order valence-electron chi connectivity index (χ4n) is 4.47. The van der Waals surface area contributed by atoms with Gasteiger partial charge in [-0.1, -0.05) is 13.0 Å². The van der Waals surface area contributed by atoms with Crippen LogP contribution in [0.3, 0.4) is 0 Å². The molecule has 0 bridgehead atoms. The van der Waals surface area contributed by atoms with Gasteiger partial charge >= 0.3 is 0 Å². The summed E-state index contributed by atoms with van der Waals surface area (Å²) in [6, 6.07) is 11.5. The van der Waals surface area contributed by atoms with E-state index in [4.69, 9.17) is 9.72 Å². The molecule has 34 heavy (non-hydrogen) atoms. The number of pyridine rings is 1. The lowest BCUT2D eigenvalue weighted by Gasteiger charge is -2.36. The van der Waals surface area contributed by atoms with E-state index in [1.807, 2.05) is 48.2 Å². The molecule has 2 aliphatic rings. The highest BCUT2D eigenvalue weighted by Gasteiger charge is 2.34. The highest BCUT2D eigenvalue weighted by atomic mass is 32.1. The predicted molar refractivity (Wildman–Crippen MR) is 133 cm³/mol. The van der Waals surface area contributed by atoms with E-state index in [-0.39, 0.29) is 18.4 Å². The molecule has 0 spiro atoms. The number of fused-ring (bicyclic) bond motifs is 1. The van der Waals surface area contributed by atoms with Crippen LogP contribution < -0.4 is 9.64 Å². The Morgan fingerprint density at radius 3 is 2.71 bits per heavy atom. The van der Waals surface area contributed by atoms with Crippen LogP contribution in [0.4, 0.5) is 5.69 Å². The molecule has 5 rings (SSSR count). The molecule has 1 aromatic carbocycles. The largest absolute Gasteiger partial charge is 0.479 e. The summed E-state index contributed by atoms with van der Waals surface area (Å²) in [4.78, 5) is 39.9. The summed E-state index contributed by atoms with van der Waals surface area (Å²) in [5.41, 5.74) is 3.17. The van der Waals surface area contributed by atoms with E-state index in [0.717, 1.165) is 52.8 Å². The van der Waals surface area contributed by atoms with Crippen molar-refractivity contribution in [3.05, 3.63) is 47.5 Å². The standard InChI is InChI=1S/C26H28N4O3S/c1-16-9-12-29(13-10-16)23(31)15-30-21-14-19(7-8-22(21)33-17(2)26(30)32)24-18(3)34-25(28-24)20-6-4-5-11-27-20/h4-8,11,14,16-17H,9-10,12-13,15H2,1-3H3. The summed E-state index contributed by atoms with van der Waals surface area (Å²) in [6.07, 6.45) is 3.12. The van der Waals surface area contributed by atoms with Gasteiger partial charge in [0.1, 0.15) is 17.3 Å². The first kappa shape index (κ1) is 22.5. The number of aryl methyl sites for hydroxylation is 1. The second-order valence-electron chi connectivity index (χ2n) is 9.07. The summed E-state index contributed by atoms with van der Waals surface area (Å²) < 4.78 is 5.87. The van der Waals surface area contributed by atoms with E-state index < -0.39 is 6.10 Å². The highest BCUT2D eigenvalue weighted by molar-refractivity contribution is 7.15. The number of carbonyl (C=O) groups is 2. The predicted octanol–water partition coefficient (Wildman–Crippen LogP) is 4.55. The zero-order valence-corrected chi connectivity index (χ0v) is 20.5. The van der Waals surface area contributed by atoms with Crippen LogP contribution in [0.25, 0.3) is 22.0 Å². The number of hydrogen-bond donors (Lipinski definition) is 0. The lowest BCUT2D eigenvalue weighted by Crippen LogP contribution is -2.50. The van der Waals surface area contributed by atoms with Crippen LogP contribution in [0.5, 0.6) is 5.75 Å². The van der Waals surface area contributed by atoms with E-state index in [1.165, 1.54) is 0 Å². The third-order valence-corrected chi connectivity index (χ3v) is 7.54. The molecule has 0 saturated carbocycles. The maximum Gasteiger partial charge on any atom is 0.268 e. The molecule has 2 aliphatic heterocycles. The van der Waals surface area contributed by atoms with Crippen molar-refractivity contribution < 1.29 is 14.3 Å².